The first-order valence-electron chi connectivity index (χ1n) is 6.42. The normalized spacial score (nSPS) is 11.8. The van der Waals surface area contributed by atoms with Crippen LogP contribution in [0.15, 0.2) is 59.5 Å². The minimum absolute atomic E-state index is 0.0197. The average molecular weight is 287 g/mol. The molecule has 0 bridgehead atoms. The van der Waals surface area contributed by atoms with Gasteiger partial charge >= 0.3 is 0 Å². The fraction of sp³-hybridized carbons (Fsp3) is 0.188. The molecular weight excluding hydrogens is 270 g/mol. The Kier molecular flexibility index (Phi) is 5.07. The summed E-state index contributed by atoms with van der Waals surface area (Å²) in [5, 5.41) is 12.6. The first kappa shape index (κ1) is 14.5. The Bertz CT molecular complexity index is 572. The molecule has 20 heavy (non-hydrogen) atoms. The van der Waals surface area contributed by atoms with Crippen LogP contribution in [0.25, 0.3) is 0 Å². The molecule has 2 aromatic carbocycles. The van der Waals surface area contributed by atoms with Crippen molar-refractivity contribution in [2.45, 2.75) is 17.9 Å². The van der Waals surface area contributed by atoms with Crippen molar-refractivity contribution in [2.75, 3.05) is 5.75 Å². The van der Waals surface area contributed by atoms with Crippen molar-refractivity contribution < 1.29 is 9.90 Å². The van der Waals surface area contributed by atoms with Gasteiger partial charge in [-0.3, -0.25) is 4.79 Å². The highest BCUT2D eigenvalue weighted by atomic mass is 32.2. The highest BCUT2D eigenvalue weighted by Gasteiger charge is 2.10. The number of amides is 1. The molecule has 0 spiro atoms. The molecule has 0 aliphatic carbocycles. The van der Waals surface area contributed by atoms with E-state index in [1.54, 1.807) is 18.2 Å². The van der Waals surface area contributed by atoms with Crippen molar-refractivity contribution in [3.05, 3.63) is 60.2 Å². The summed E-state index contributed by atoms with van der Waals surface area (Å²) in [6, 6.07) is 16.8. The lowest BCUT2D eigenvalue weighted by Crippen LogP contribution is -2.28. The van der Waals surface area contributed by atoms with Crippen molar-refractivity contribution in [2.24, 2.45) is 0 Å². The van der Waals surface area contributed by atoms with Gasteiger partial charge in [-0.05, 0) is 24.6 Å². The van der Waals surface area contributed by atoms with Crippen LogP contribution in [0.2, 0.25) is 0 Å². The van der Waals surface area contributed by atoms with Crippen LogP contribution >= 0.6 is 11.8 Å². The summed E-state index contributed by atoms with van der Waals surface area (Å²) in [4.78, 5) is 12.6. The van der Waals surface area contributed by atoms with Crippen molar-refractivity contribution in [3.63, 3.8) is 0 Å². The maximum atomic E-state index is 11.9. The fourth-order valence-corrected chi connectivity index (χ4v) is 2.59. The Morgan fingerprint density at radius 2 is 1.80 bits per heavy atom. The summed E-state index contributed by atoms with van der Waals surface area (Å²) in [5.74, 6) is 0.449. The van der Waals surface area contributed by atoms with E-state index >= 15 is 0 Å². The fourth-order valence-electron chi connectivity index (χ4n) is 1.83. The van der Waals surface area contributed by atoms with Crippen LogP contribution in [0.4, 0.5) is 0 Å². The summed E-state index contributed by atoms with van der Waals surface area (Å²) in [6.07, 6.45) is 0. The van der Waals surface area contributed by atoms with Gasteiger partial charge in [0, 0.05) is 4.90 Å². The molecule has 4 heteroatoms. The standard InChI is InChI=1S/C16H17NO2S/c1-12(13-7-3-2-4-8-13)17-16(19)11-20-15-10-6-5-9-14(15)18/h2-10,12,18H,11H2,1H3,(H,17,19). The first-order chi connectivity index (χ1) is 9.66. The number of para-hydroxylation sites is 1. The Labute approximate surface area is 123 Å². The zero-order valence-corrected chi connectivity index (χ0v) is 12.1. The van der Waals surface area contributed by atoms with Gasteiger partial charge in [-0.2, -0.15) is 0 Å². The van der Waals surface area contributed by atoms with E-state index in [1.165, 1.54) is 11.8 Å². The lowest BCUT2D eigenvalue weighted by atomic mass is 10.1. The van der Waals surface area contributed by atoms with Gasteiger partial charge in [0.15, 0.2) is 0 Å². The van der Waals surface area contributed by atoms with Crippen LogP contribution < -0.4 is 5.32 Å². The molecule has 0 radical (unpaired) electrons. The maximum absolute atomic E-state index is 11.9. The molecule has 0 aliphatic heterocycles. The maximum Gasteiger partial charge on any atom is 0.230 e. The number of rotatable bonds is 5. The molecule has 104 valence electrons. The van der Waals surface area contributed by atoms with Gasteiger partial charge in [0.1, 0.15) is 5.75 Å². The SMILES string of the molecule is CC(NC(=O)CSc1ccccc1O)c1ccccc1. The Hall–Kier alpha value is -1.94. The molecule has 2 aromatic rings. The zero-order valence-electron chi connectivity index (χ0n) is 11.2. The van der Waals surface area contributed by atoms with Crippen LogP contribution in [-0.4, -0.2) is 16.8 Å². The number of carbonyl (C=O) groups is 1. The number of benzene rings is 2. The second-order valence-electron chi connectivity index (χ2n) is 4.46. The molecule has 0 saturated carbocycles. The smallest absolute Gasteiger partial charge is 0.230 e. The van der Waals surface area contributed by atoms with Gasteiger partial charge in [0.05, 0.1) is 11.8 Å². The molecule has 0 heterocycles. The van der Waals surface area contributed by atoms with E-state index in [2.05, 4.69) is 5.32 Å². The quantitative estimate of drug-likeness (QED) is 0.829. The minimum atomic E-state index is -0.0467. The van der Waals surface area contributed by atoms with Gasteiger partial charge in [-0.1, -0.05) is 42.5 Å². The van der Waals surface area contributed by atoms with Crippen LogP contribution in [0.3, 0.4) is 0 Å². The number of phenolic OH excluding ortho intramolecular Hbond substituents is 1. The van der Waals surface area contributed by atoms with Gasteiger partial charge in [-0.15, -0.1) is 11.8 Å². The molecule has 1 unspecified atom stereocenters. The van der Waals surface area contributed by atoms with Crippen molar-refractivity contribution in [3.8, 4) is 5.75 Å². The van der Waals surface area contributed by atoms with Crippen molar-refractivity contribution in [1.29, 1.82) is 0 Å². The molecule has 1 amide bonds. The van der Waals surface area contributed by atoms with E-state index in [4.69, 9.17) is 0 Å². The molecule has 2 rings (SSSR count). The van der Waals surface area contributed by atoms with Gasteiger partial charge < -0.3 is 10.4 Å². The van der Waals surface area contributed by atoms with Crippen LogP contribution in [0.1, 0.15) is 18.5 Å². The predicted molar refractivity (Wildman–Crippen MR) is 81.8 cm³/mol. The zero-order chi connectivity index (χ0) is 14.4. The third-order valence-electron chi connectivity index (χ3n) is 2.90. The van der Waals surface area contributed by atoms with E-state index in [0.29, 0.717) is 0 Å². The van der Waals surface area contributed by atoms with E-state index < -0.39 is 0 Å². The molecule has 1 atom stereocenters. The summed E-state index contributed by atoms with van der Waals surface area (Å²) in [5.41, 5.74) is 1.08. The summed E-state index contributed by atoms with van der Waals surface area (Å²) in [6.45, 7) is 1.96. The van der Waals surface area contributed by atoms with Crippen LogP contribution in [-0.2, 0) is 4.79 Å². The second kappa shape index (κ2) is 7.01. The first-order valence-corrected chi connectivity index (χ1v) is 7.40. The topological polar surface area (TPSA) is 49.3 Å². The highest BCUT2D eigenvalue weighted by Crippen LogP contribution is 2.27. The lowest BCUT2D eigenvalue weighted by Gasteiger charge is -2.14. The number of carbonyl (C=O) groups excluding carboxylic acids is 1. The van der Waals surface area contributed by atoms with E-state index in [0.717, 1.165) is 10.5 Å². The highest BCUT2D eigenvalue weighted by molar-refractivity contribution is 8.00. The van der Waals surface area contributed by atoms with E-state index in [1.807, 2.05) is 43.3 Å². The predicted octanol–water partition coefficient (Wildman–Crippen LogP) is 3.36. The van der Waals surface area contributed by atoms with E-state index in [-0.39, 0.29) is 23.5 Å². The summed E-state index contributed by atoms with van der Waals surface area (Å²) >= 11 is 1.33. The lowest BCUT2D eigenvalue weighted by molar-refractivity contribution is -0.119. The molecular formula is C16H17NO2S. The largest absolute Gasteiger partial charge is 0.507 e. The Morgan fingerprint density at radius 3 is 2.50 bits per heavy atom. The molecule has 0 saturated heterocycles. The second-order valence-corrected chi connectivity index (χ2v) is 5.47. The number of thioether (sulfide) groups is 1. The van der Waals surface area contributed by atoms with Gasteiger partial charge in [0.2, 0.25) is 5.91 Å². The number of hydrogen-bond acceptors (Lipinski definition) is 3. The molecule has 2 N–H and O–H groups in total. The number of hydrogen-bond donors (Lipinski definition) is 2. The third kappa shape index (κ3) is 4.03. The van der Waals surface area contributed by atoms with Gasteiger partial charge in [0.25, 0.3) is 0 Å². The van der Waals surface area contributed by atoms with Crippen LogP contribution in [0.5, 0.6) is 5.75 Å². The van der Waals surface area contributed by atoms with Crippen molar-refractivity contribution in [1.82, 2.24) is 5.32 Å². The average Bonchev–Trinajstić information content (AvgIpc) is 2.47. The molecule has 3 nitrogen and oxygen atoms in total. The summed E-state index contributed by atoms with van der Waals surface area (Å²) in [7, 11) is 0. The number of nitrogens with one attached hydrogen (secondary N) is 1. The van der Waals surface area contributed by atoms with Crippen LogP contribution in [0, 0.1) is 0 Å². The minimum Gasteiger partial charge on any atom is -0.507 e. The molecule has 0 aliphatic rings. The molecule has 0 aromatic heterocycles. The van der Waals surface area contributed by atoms with E-state index in [9.17, 15) is 9.90 Å². The Morgan fingerprint density at radius 1 is 1.15 bits per heavy atom. The van der Waals surface area contributed by atoms with Gasteiger partial charge in [-0.25, -0.2) is 0 Å². The third-order valence-corrected chi connectivity index (χ3v) is 3.96. The summed E-state index contributed by atoms with van der Waals surface area (Å²) < 4.78 is 0. The van der Waals surface area contributed by atoms with Crippen molar-refractivity contribution >= 4 is 17.7 Å². The Balaban J connectivity index is 1.86. The molecule has 0 fully saturated rings. The number of aromatic hydroxyl groups is 1. The number of phenols is 1. The monoisotopic (exact) mass is 287 g/mol.